The predicted octanol–water partition coefficient (Wildman–Crippen LogP) is 3.42. The zero-order valence-electron chi connectivity index (χ0n) is 16.6. The number of aryl methyl sites for hydroxylation is 1. The van der Waals surface area contributed by atoms with Gasteiger partial charge in [-0.05, 0) is 30.7 Å². The third-order valence-electron chi connectivity index (χ3n) is 4.51. The van der Waals surface area contributed by atoms with Gasteiger partial charge in [0.15, 0.2) is 0 Å². The second-order valence-corrected chi connectivity index (χ2v) is 6.74. The van der Waals surface area contributed by atoms with E-state index in [4.69, 9.17) is 5.41 Å². The maximum Gasteiger partial charge on any atom is 0.320 e. The van der Waals surface area contributed by atoms with E-state index < -0.39 is 6.03 Å². The van der Waals surface area contributed by atoms with Gasteiger partial charge < -0.3 is 21.1 Å². The van der Waals surface area contributed by atoms with Gasteiger partial charge in [-0.1, -0.05) is 30.3 Å². The molecule has 0 saturated heterocycles. The van der Waals surface area contributed by atoms with Crippen molar-refractivity contribution in [3.63, 3.8) is 0 Å². The van der Waals surface area contributed by atoms with E-state index in [9.17, 15) is 9.90 Å². The molecule has 1 aromatic carbocycles. The van der Waals surface area contributed by atoms with Crippen LogP contribution < -0.4 is 16.0 Å². The third kappa shape index (κ3) is 5.62. The average molecular weight is 404 g/mol. The van der Waals surface area contributed by atoms with Crippen LogP contribution in [0.25, 0.3) is 0 Å². The molecule has 154 valence electrons. The highest BCUT2D eigenvalue weighted by Gasteiger charge is 2.12. The molecule has 2 amide bonds. The molecule has 30 heavy (non-hydrogen) atoms. The lowest BCUT2D eigenvalue weighted by Gasteiger charge is -2.16. The molecule has 3 rings (SSSR count). The number of carbonyl (C=O) groups excluding carboxylic acids is 1. The van der Waals surface area contributed by atoms with Crippen LogP contribution in [0.3, 0.4) is 0 Å². The number of benzene rings is 1. The predicted molar refractivity (Wildman–Crippen MR) is 118 cm³/mol. The standard InChI is InChI=1S/C22H24N6O2/c1-15-9-19(7-8-24-15)27-20-13-25-21(10-17(20)11-23)28-22(30)26-12-18(14-29)16-5-3-2-4-6-16/h2-11,13,18,23,29H,12,14H2,1H3,(H,24,27)(H2,25,26,28,30). The molecule has 1 unspecified atom stereocenters. The summed E-state index contributed by atoms with van der Waals surface area (Å²) in [7, 11) is 0. The lowest BCUT2D eigenvalue weighted by Crippen LogP contribution is -2.33. The first-order valence-electron chi connectivity index (χ1n) is 9.50. The van der Waals surface area contributed by atoms with Crippen molar-refractivity contribution in [1.29, 1.82) is 5.41 Å². The first-order valence-corrected chi connectivity index (χ1v) is 9.50. The average Bonchev–Trinajstić information content (AvgIpc) is 2.76. The number of aliphatic hydroxyl groups excluding tert-OH is 1. The fraction of sp³-hybridized carbons (Fsp3) is 0.182. The van der Waals surface area contributed by atoms with Crippen LogP contribution in [-0.4, -0.2) is 40.5 Å². The highest BCUT2D eigenvalue weighted by Crippen LogP contribution is 2.21. The molecule has 0 aliphatic carbocycles. The van der Waals surface area contributed by atoms with Crippen LogP contribution in [0.15, 0.2) is 60.9 Å². The largest absolute Gasteiger partial charge is 0.396 e. The van der Waals surface area contributed by atoms with Gasteiger partial charge in [-0.2, -0.15) is 0 Å². The number of carbonyl (C=O) groups is 1. The molecule has 0 fully saturated rings. The van der Waals surface area contributed by atoms with Crippen LogP contribution in [0, 0.1) is 12.3 Å². The van der Waals surface area contributed by atoms with E-state index in [2.05, 4.69) is 25.9 Å². The monoisotopic (exact) mass is 404 g/mol. The summed E-state index contributed by atoms with van der Waals surface area (Å²) in [6.45, 7) is 2.10. The van der Waals surface area contributed by atoms with Crippen LogP contribution in [0.5, 0.6) is 0 Å². The smallest absolute Gasteiger partial charge is 0.320 e. The number of hydrogen-bond donors (Lipinski definition) is 5. The Morgan fingerprint density at radius 3 is 2.70 bits per heavy atom. The van der Waals surface area contributed by atoms with Crippen molar-refractivity contribution >= 4 is 29.4 Å². The Kier molecular flexibility index (Phi) is 7.07. The Morgan fingerprint density at radius 2 is 2.00 bits per heavy atom. The van der Waals surface area contributed by atoms with Crippen LogP contribution in [0.2, 0.25) is 0 Å². The highest BCUT2D eigenvalue weighted by molar-refractivity contribution is 5.92. The fourth-order valence-corrected chi connectivity index (χ4v) is 2.93. The van der Waals surface area contributed by atoms with E-state index in [1.54, 1.807) is 18.5 Å². The van der Waals surface area contributed by atoms with Gasteiger partial charge in [0.25, 0.3) is 0 Å². The van der Waals surface area contributed by atoms with Crippen molar-refractivity contribution in [3.8, 4) is 0 Å². The lowest BCUT2D eigenvalue weighted by atomic mass is 10.0. The minimum Gasteiger partial charge on any atom is -0.396 e. The molecule has 2 heterocycles. The number of nitrogens with zero attached hydrogens (tertiary/aromatic N) is 2. The zero-order chi connectivity index (χ0) is 21.3. The maximum absolute atomic E-state index is 12.3. The van der Waals surface area contributed by atoms with Crippen molar-refractivity contribution in [3.05, 3.63) is 77.7 Å². The van der Waals surface area contributed by atoms with E-state index in [0.717, 1.165) is 16.9 Å². The molecule has 0 saturated carbocycles. The molecular formula is C22H24N6O2. The number of hydrogen-bond acceptors (Lipinski definition) is 6. The molecule has 5 N–H and O–H groups in total. The van der Waals surface area contributed by atoms with Crippen molar-refractivity contribution in [2.24, 2.45) is 0 Å². The molecule has 0 spiro atoms. The van der Waals surface area contributed by atoms with Crippen molar-refractivity contribution in [1.82, 2.24) is 15.3 Å². The van der Waals surface area contributed by atoms with Gasteiger partial charge in [0.05, 0.1) is 18.5 Å². The Bertz CT molecular complexity index is 1010. The minimum atomic E-state index is -0.432. The summed E-state index contributed by atoms with van der Waals surface area (Å²) in [6, 6.07) is 14.4. The number of anilines is 3. The summed E-state index contributed by atoms with van der Waals surface area (Å²) in [5, 5.41) is 25.9. The molecule has 0 aliphatic rings. The number of aromatic nitrogens is 2. The normalized spacial score (nSPS) is 11.4. The van der Waals surface area contributed by atoms with Gasteiger partial charge >= 0.3 is 6.03 Å². The maximum atomic E-state index is 12.3. The first-order chi connectivity index (χ1) is 14.6. The van der Waals surface area contributed by atoms with Crippen LogP contribution >= 0.6 is 0 Å². The van der Waals surface area contributed by atoms with E-state index in [1.165, 1.54) is 6.21 Å². The quantitative estimate of drug-likeness (QED) is 0.368. The van der Waals surface area contributed by atoms with Gasteiger partial charge in [0.1, 0.15) is 5.82 Å². The molecule has 8 heteroatoms. The highest BCUT2D eigenvalue weighted by atomic mass is 16.3. The molecule has 2 aromatic heterocycles. The Morgan fingerprint density at radius 1 is 1.20 bits per heavy atom. The molecule has 0 bridgehead atoms. The molecule has 1 atom stereocenters. The lowest BCUT2D eigenvalue weighted by molar-refractivity contribution is 0.243. The number of rotatable bonds is 8. The van der Waals surface area contributed by atoms with Gasteiger partial charge in [0, 0.05) is 41.8 Å². The van der Waals surface area contributed by atoms with E-state index in [0.29, 0.717) is 17.1 Å². The number of urea groups is 1. The van der Waals surface area contributed by atoms with Crippen LogP contribution in [0.1, 0.15) is 22.7 Å². The van der Waals surface area contributed by atoms with Gasteiger partial charge in [-0.3, -0.25) is 10.3 Å². The summed E-state index contributed by atoms with van der Waals surface area (Å²) in [4.78, 5) is 20.7. The van der Waals surface area contributed by atoms with E-state index >= 15 is 0 Å². The van der Waals surface area contributed by atoms with Crippen molar-refractivity contribution in [2.45, 2.75) is 12.8 Å². The first kappa shape index (κ1) is 20.9. The Hall–Kier alpha value is -3.78. The molecule has 8 nitrogen and oxygen atoms in total. The summed E-state index contributed by atoms with van der Waals surface area (Å²) < 4.78 is 0. The van der Waals surface area contributed by atoms with E-state index in [1.807, 2.05) is 49.4 Å². The SMILES string of the molecule is Cc1cc(Nc2cnc(NC(=O)NCC(CO)c3ccccc3)cc2C=N)ccn1. The Labute approximate surface area is 174 Å². The number of pyridine rings is 2. The third-order valence-corrected chi connectivity index (χ3v) is 4.51. The number of aliphatic hydroxyl groups is 1. The van der Waals surface area contributed by atoms with Crippen LogP contribution in [0.4, 0.5) is 22.0 Å². The van der Waals surface area contributed by atoms with Crippen LogP contribution in [-0.2, 0) is 0 Å². The second-order valence-electron chi connectivity index (χ2n) is 6.74. The van der Waals surface area contributed by atoms with E-state index in [-0.39, 0.29) is 19.1 Å². The van der Waals surface area contributed by atoms with Gasteiger partial charge in [-0.15, -0.1) is 0 Å². The molecule has 0 aliphatic heterocycles. The number of nitrogens with one attached hydrogen (secondary N) is 4. The topological polar surface area (TPSA) is 123 Å². The Balaban J connectivity index is 1.62. The molecule has 3 aromatic rings. The fourth-order valence-electron chi connectivity index (χ4n) is 2.93. The summed E-state index contributed by atoms with van der Waals surface area (Å²) in [6.07, 6.45) is 4.45. The summed E-state index contributed by atoms with van der Waals surface area (Å²) >= 11 is 0. The summed E-state index contributed by atoms with van der Waals surface area (Å²) in [5.74, 6) is 0.125. The second kappa shape index (κ2) is 10.1. The molecular weight excluding hydrogens is 380 g/mol. The zero-order valence-corrected chi connectivity index (χ0v) is 16.6. The summed E-state index contributed by atoms with van der Waals surface area (Å²) in [5.41, 5.74) is 3.88. The number of amides is 2. The minimum absolute atomic E-state index is 0.0741. The van der Waals surface area contributed by atoms with Crippen molar-refractivity contribution < 1.29 is 9.90 Å². The van der Waals surface area contributed by atoms with Gasteiger partial charge in [-0.25, -0.2) is 9.78 Å². The molecule has 0 radical (unpaired) electrons. The van der Waals surface area contributed by atoms with Crippen molar-refractivity contribution in [2.75, 3.05) is 23.8 Å². The van der Waals surface area contributed by atoms with Gasteiger partial charge in [0.2, 0.25) is 0 Å².